The molecule has 0 amide bonds. The van der Waals surface area contributed by atoms with E-state index in [0.717, 1.165) is 0 Å². The van der Waals surface area contributed by atoms with Crippen molar-refractivity contribution < 1.29 is 4.39 Å². The van der Waals surface area contributed by atoms with Crippen LogP contribution >= 0.6 is 23.2 Å². The Morgan fingerprint density at radius 1 is 1.60 bits per heavy atom. The molecule has 1 nitrogen and oxygen atoms in total. The number of hydrogen-bond donors (Lipinski definition) is 0. The van der Waals surface area contributed by atoms with Gasteiger partial charge in [0.2, 0.25) is 0 Å². The Labute approximate surface area is 67.8 Å². The highest BCUT2D eigenvalue weighted by Gasteiger charge is 2.04. The molecule has 0 aliphatic rings. The highest BCUT2D eigenvalue weighted by Crippen LogP contribution is 2.16. The van der Waals surface area contributed by atoms with E-state index in [1.807, 2.05) is 0 Å². The highest BCUT2D eigenvalue weighted by atomic mass is 35.5. The molecule has 1 aromatic heterocycles. The molecule has 0 N–H and O–H groups in total. The first-order valence-corrected chi connectivity index (χ1v) is 3.52. The smallest absolute Gasteiger partial charge is 0.164 e. The minimum absolute atomic E-state index is 0.0480. The van der Waals surface area contributed by atoms with Crippen molar-refractivity contribution in [1.29, 1.82) is 0 Å². The van der Waals surface area contributed by atoms with E-state index in [1.54, 1.807) is 0 Å². The number of alkyl halides is 1. The normalized spacial score (nSPS) is 9.90. The van der Waals surface area contributed by atoms with Gasteiger partial charge >= 0.3 is 0 Å². The van der Waals surface area contributed by atoms with E-state index < -0.39 is 5.82 Å². The summed E-state index contributed by atoms with van der Waals surface area (Å²) in [6.45, 7) is 0. The number of pyridine rings is 1. The van der Waals surface area contributed by atoms with Gasteiger partial charge in [0.05, 0.1) is 16.6 Å². The second-order valence-electron chi connectivity index (χ2n) is 1.69. The molecule has 0 saturated carbocycles. The van der Waals surface area contributed by atoms with Crippen LogP contribution in [0.5, 0.6) is 0 Å². The van der Waals surface area contributed by atoms with Gasteiger partial charge in [-0.1, -0.05) is 11.6 Å². The van der Waals surface area contributed by atoms with Crippen LogP contribution in [0.4, 0.5) is 4.39 Å². The molecular formula is C6H4Cl2FN. The number of hydrogen-bond acceptors (Lipinski definition) is 1. The Bertz CT molecular complexity index is 239. The molecule has 0 aliphatic heterocycles. The lowest BCUT2D eigenvalue weighted by Crippen LogP contribution is -1.90. The zero-order valence-electron chi connectivity index (χ0n) is 4.94. The van der Waals surface area contributed by atoms with Gasteiger partial charge in [-0.15, -0.1) is 11.6 Å². The third kappa shape index (κ3) is 1.39. The van der Waals surface area contributed by atoms with Crippen molar-refractivity contribution in [2.75, 3.05) is 0 Å². The molecule has 0 aromatic carbocycles. The lowest BCUT2D eigenvalue weighted by atomic mass is 10.4. The Morgan fingerprint density at radius 2 is 2.30 bits per heavy atom. The quantitative estimate of drug-likeness (QED) is 0.605. The fraction of sp³-hybridized carbons (Fsp3) is 0.167. The van der Waals surface area contributed by atoms with Crippen LogP contribution in [0.15, 0.2) is 12.3 Å². The predicted molar refractivity (Wildman–Crippen MR) is 38.8 cm³/mol. The molecule has 10 heavy (non-hydrogen) atoms. The first-order chi connectivity index (χ1) is 4.75. The zero-order chi connectivity index (χ0) is 7.56. The van der Waals surface area contributed by atoms with Crippen molar-refractivity contribution in [2.45, 2.75) is 5.88 Å². The average Bonchev–Trinajstić information content (AvgIpc) is 1.95. The topological polar surface area (TPSA) is 12.9 Å². The van der Waals surface area contributed by atoms with E-state index >= 15 is 0 Å². The zero-order valence-corrected chi connectivity index (χ0v) is 6.45. The molecule has 1 aromatic rings. The van der Waals surface area contributed by atoms with Crippen LogP contribution in [0.1, 0.15) is 5.69 Å². The van der Waals surface area contributed by atoms with Crippen LogP contribution in [0.3, 0.4) is 0 Å². The van der Waals surface area contributed by atoms with Crippen LogP contribution in [-0.4, -0.2) is 4.98 Å². The molecule has 1 heterocycles. The minimum atomic E-state index is -0.529. The third-order valence-electron chi connectivity index (χ3n) is 1.04. The molecule has 0 saturated heterocycles. The number of aromatic nitrogens is 1. The van der Waals surface area contributed by atoms with Gasteiger partial charge in [-0.3, -0.25) is 4.98 Å². The number of rotatable bonds is 1. The summed E-state index contributed by atoms with van der Waals surface area (Å²) < 4.78 is 12.7. The van der Waals surface area contributed by atoms with E-state index in [2.05, 4.69) is 4.98 Å². The van der Waals surface area contributed by atoms with Crippen molar-refractivity contribution in [3.63, 3.8) is 0 Å². The molecule has 0 unspecified atom stereocenters. The van der Waals surface area contributed by atoms with Crippen LogP contribution in [-0.2, 0) is 5.88 Å². The van der Waals surface area contributed by atoms with Crippen LogP contribution in [0, 0.1) is 5.82 Å². The molecule has 0 aliphatic carbocycles. The first kappa shape index (κ1) is 7.76. The van der Waals surface area contributed by atoms with Gasteiger partial charge in [0.1, 0.15) is 0 Å². The fourth-order valence-electron chi connectivity index (χ4n) is 0.554. The molecule has 0 fully saturated rings. The predicted octanol–water partition coefficient (Wildman–Crippen LogP) is 2.61. The maximum atomic E-state index is 12.7. The lowest BCUT2D eigenvalue weighted by molar-refractivity contribution is 0.608. The maximum absolute atomic E-state index is 12.7. The Hall–Kier alpha value is -0.340. The van der Waals surface area contributed by atoms with Crippen molar-refractivity contribution in [3.05, 3.63) is 28.8 Å². The number of nitrogens with zero attached hydrogens (tertiary/aromatic N) is 1. The average molecular weight is 180 g/mol. The SMILES string of the molecule is Fc1c(Cl)ccnc1CCl. The van der Waals surface area contributed by atoms with E-state index in [0.29, 0.717) is 0 Å². The highest BCUT2D eigenvalue weighted by molar-refractivity contribution is 6.30. The van der Waals surface area contributed by atoms with Crippen molar-refractivity contribution in [1.82, 2.24) is 4.98 Å². The van der Waals surface area contributed by atoms with Crippen molar-refractivity contribution in [3.8, 4) is 0 Å². The summed E-state index contributed by atoms with van der Waals surface area (Å²) in [5.74, 6) is -0.481. The Morgan fingerprint density at radius 3 is 2.80 bits per heavy atom. The second kappa shape index (κ2) is 3.17. The summed E-state index contributed by atoms with van der Waals surface area (Å²) in [7, 11) is 0. The summed E-state index contributed by atoms with van der Waals surface area (Å²) in [6, 6.07) is 1.38. The summed E-state index contributed by atoms with van der Waals surface area (Å²) in [5.41, 5.74) is 0.189. The van der Waals surface area contributed by atoms with Gasteiger partial charge in [-0.2, -0.15) is 0 Å². The van der Waals surface area contributed by atoms with E-state index in [1.165, 1.54) is 12.3 Å². The maximum Gasteiger partial charge on any atom is 0.164 e. The van der Waals surface area contributed by atoms with Gasteiger partial charge in [0.25, 0.3) is 0 Å². The Kier molecular flexibility index (Phi) is 2.46. The molecule has 54 valence electrons. The summed E-state index contributed by atoms with van der Waals surface area (Å²) in [5, 5.41) is 0.0608. The largest absolute Gasteiger partial charge is 0.257 e. The Balaban J connectivity index is 3.14. The standard InChI is InChI=1S/C6H4Cl2FN/c7-3-5-6(9)4(8)1-2-10-5/h1-2H,3H2. The summed E-state index contributed by atoms with van der Waals surface area (Å²) >= 11 is 10.8. The summed E-state index contributed by atoms with van der Waals surface area (Å²) in [6.07, 6.45) is 1.42. The van der Waals surface area contributed by atoms with Crippen molar-refractivity contribution >= 4 is 23.2 Å². The fourth-order valence-corrected chi connectivity index (χ4v) is 0.905. The third-order valence-corrected chi connectivity index (χ3v) is 1.59. The first-order valence-electron chi connectivity index (χ1n) is 2.60. The van der Waals surface area contributed by atoms with Crippen LogP contribution in [0.25, 0.3) is 0 Å². The second-order valence-corrected chi connectivity index (χ2v) is 2.36. The monoisotopic (exact) mass is 179 g/mol. The minimum Gasteiger partial charge on any atom is -0.257 e. The van der Waals surface area contributed by atoms with Gasteiger partial charge in [0.15, 0.2) is 5.82 Å². The van der Waals surface area contributed by atoms with Gasteiger partial charge in [-0.25, -0.2) is 4.39 Å². The lowest BCUT2D eigenvalue weighted by Gasteiger charge is -1.96. The molecular weight excluding hydrogens is 176 g/mol. The molecule has 0 spiro atoms. The molecule has 0 bridgehead atoms. The molecule has 1 rings (SSSR count). The summed E-state index contributed by atoms with van der Waals surface area (Å²) in [4.78, 5) is 3.67. The number of halogens is 3. The van der Waals surface area contributed by atoms with Crippen LogP contribution < -0.4 is 0 Å². The van der Waals surface area contributed by atoms with Gasteiger partial charge in [-0.05, 0) is 6.07 Å². The van der Waals surface area contributed by atoms with Crippen molar-refractivity contribution in [2.24, 2.45) is 0 Å². The van der Waals surface area contributed by atoms with E-state index in [4.69, 9.17) is 23.2 Å². The molecule has 4 heteroatoms. The van der Waals surface area contributed by atoms with Gasteiger partial charge < -0.3 is 0 Å². The van der Waals surface area contributed by atoms with E-state index in [9.17, 15) is 4.39 Å². The molecule has 0 atom stereocenters. The van der Waals surface area contributed by atoms with E-state index in [-0.39, 0.29) is 16.6 Å². The van der Waals surface area contributed by atoms with Crippen LogP contribution in [0.2, 0.25) is 5.02 Å². The van der Waals surface area contributed by atoms with Gasteiger partial charge in [0, 0.05) is 6.20 Å². The molecule has 0 radical (unpaired) electrons.